The number of aliphatic hydroxyl groups excluding tert-OH is 1. The summed E-state index contributed by atoms with van der Waals surface area (Å²) in [4.78, 5) is 15.6. The van der Waals surface area contributed by atoms with Crippen LogP contribution in [0.2, 0.25) is 5.02 Å². The third-order valence-electron chi connectivity index (χ3n) is 3.51. The minimum absolute atomic E-state index is 0.112. The molecule has 1 aromatic carbocycles. The van der Waals surface area contributed by atoms with Crippen molar-refractivity contribution in [1.82, 2.24) is 4.98 Å². The number of hydrogen-bond donors (Lipinski definition) is 2. The fourth-order valence-corrected chi connectivity index (χ4v) is 3.75. The Bertz CT molecular complexity index is 955. The van der Waals surface area contributed by atoms with E-state index >= 15 is 0 Å². The third-order valence-corrected chi connectivity index (χ3v) is 5.54. The van der Waals surface area contributed by atoms with Gasteiger partial charge >= 0.3 is 0 Å². The minimum Gasteiger partial charge on any atom is -0.506 e. The molecule has 1 amide bonds. The first-order chi connectivity index (χ1) is 11.3. The van der Waals surface area contributed by atoms with Gasteiger partial charge in [-0.3, -0.25) is 9.10 Å². The first-order valence-electron chi connectivity index (χ1n) is 6.77. The molecule has 7 nitrogen and oxygen atoms in total. The summed E-state index contributed by atoms with van der Waals surface area (Å²) < 4.78 is 26.1. The quantitative estimate of drug-likeness (QED) is 0.851. The Morgan fingerprint density at radius 2 is 1.96 bits per heavy atom. The van der Waals surface area contributed by atoms with Crippen LogP contribution in [0.25, 0.3) is 5.76 Å². The molecule has 0 spiro atoms. The highest BCUT2D eigenvalue weighted by molar-refractivity contribution is 7.97. The van der Waals surface area contributed by atoms with Crippen LogP contribution in [-0.4, -0.2) is 31.5 Å². The highest BCUT2D eigenvalue weighted by Crippen LogP contribution is 2.37. The monoisotopic (exact) mass is 365 g/mol. The molecule has 24 heavy (non-hydrogen) atoms. The number of nitrogens with one attached hydrogen (secondary N) is 1. The Kier molecular flexibility index (Phi) is 3.94. The summed E-state index contributed by atoms with van der Waals surface area (Å²) >= 11 is 5.71. The van der Waals surface area contributed by atoms with Crippen molar-refractivity contribution in [2.45, 2.75) is 0 Å². The molecule has 0 saturated heterocycles. The van der Waals surface area contributed by atoms with E-state index in [4.69, 9.17) is 11.6 Å². The summed E-state index contributed by atoms with van der Waals surface area (Å²) in [6.45, 7) is 0. The third kappa shape index (κ3) is 2.59. The van der Waals surface area contributed by atoms with Gasteiger partial charge in [-0.2, -0.15) is 0 Å². The smallest absolute Gasteiger partial charge is 0.274 e. The second kappa shape index (κ2) is 5.81. The first-order valence-corrected chi connectivity index (χ1v) is 8.58. The summed E-state index contributed by atoms with van der Waals surface area (Å²) in [5, 5.41) is 13.1. The van der Waals surface area contributed by atoms with Crippen LogP contribution in [0, 0.1) is 0 Å². The van der Waals surface area contributed by atoms with Gasteiger partial charge in [-0.05, 0) is 24.3 Å². The van der Waals surface area contributed by atoms with Crippen molar-refractivity contribution in [3.05, 3.63) is 58.1 Å². The van der Waals surface area contributed by atoms with Gasteiger partial charge in [0.25, 0.3) is 15.9 Å². The molecule has 0 aliphatic carbocycles. The number of amides is 1. The van der Waals surface area contributed by atoms with E-state index in [1.807, 2.05) is 0 Å². The number of rotatable bonds is 2. The van der Waals surface area contributed by atoms with Gasteiger partial charge in [-0.15, -0.1) is 0 Å². The standard InChI is InChI=1S/C15H12ClN3O4S/c1-19-11-5-3-2-4-10(11)13(20)14(24(19,22)23)15(21)18-12-7-6-9(16)8-17-12/h2-8,20H,1H3,(H,17,18,21). The van der Waals surface area contributed by atoms with Crippen LogP contribution in [0.4, 0.5) is 11.5 Å². The fraction of sp³-hybridized carbons (Fsp3) is 0.0667. The number of nitrogens with zero attached hydrogens (tertiary/aromatic N) is 2. The highest BCUT2D eigenvalue weighted by Gasteiger charge is 2.39. The summed E-state index contributed by atoms with van der Waals surface area (Å²) in [5.74, 6) is -1.47. The van der Waals surface area contributed by atoms with E-state index in [1.165, 1.54) is 31.4 Å². The number of aromatic nitrogens is 1. The van der Waals surface area contributed by atoms with E-state index in [0.717, 1.165) is 4.31 Å². The molecule has 1 aliphatic heterocycles. The van der Waals surface area contributed by atoms with Crippen LogP contribution >= 0.6 is 11.6 Å². The van der Waals surface area contributed by atoms with Crippen molar-refractivity contribution < 1.29 is 18.3 Å². The van der Waals surface area contributed by atoms with Gasteiger partial charge < -0.3 is 10.4 Å². The zero-order valence-electron chi connectivity index (χ0n) is 12.4. The average Bonchev–Trinajstić information content (AvgIpc) is 2.55. The van der Waals surface area contributed by atoms with E-state index in [0.29, 0.717) is 5.02 Å². The molecule has 0 radical (unpaired) electrons. The highest BCUT2D eigenvalue weighted by atomic mass is 35.5. The maximum atomic E-state index is 12.6. The predicted molar refractivity (Wildman–Crippen MR) is 91.2 cm³/mol. The van der Waals surface area contributed by atoms with Crippen LogP contribution in [0.15, 0.2) is 47.5 Å². The number of anilines is 2. The summed E-state index contributed by atoms with van der Waals surface area (Å²) in [6.07, 6.45) is 1.31. The summed E-state index contributed by atoms with van der Waals surface area (Å²) in [6, 6.07) is 9.26. The van der Waals surface area contributed by atoms with E-state index in [9.17, 15) is 18.3 Å². The molecule has 1 aliphatic rings. The molecular weight excluding hydrogens is 354 g/mol. The zero-order valence-corrected chi connectivity index (χ0v) is 14.0. The minimum atomic E-state index is -4.20. The summed E-state index contributed by atoms with van der Waals surface area (Å²) in [5.41, 5.74) is 0.542. The Balaban J connectivity index is 2.07. The lowest BCUT2D eigenvalue weighted by atomic mass is 10.1. The molecular formula is C15H12ClN3O4S. The summed E-state index contributed by atoms with van der Waals surface area (Å²) in [7, 11) is -2.88. The first kappa shape index (κ1) is 16.3. The van der Waals surface area contributed by atoms with Gasteiger partial charge in [0.1, 0.15) is 5.82 Å². The number of benzene rings is 1. The van der Waals surface area contributed by atoms with E-state index < -0.39 is 26.6 Å². The number of hydrogen-bond acceptors (Lipinski definition) is 5. The lowest BCUT2D eigenvalue weighted by Gasteiger charge is -2.28. The topological polar surface area (TPSA) is 99.6 Å². The molecule has 9 heteroatoms. The van der Waals surface area contributed by atoms with Crippen LogP contribution in [0.5, 0.6) is 0 Å². The van der Waals surface area contributed by atoms with E-state index in [2.05, 4.69) is 10.3 Å². The molecule has 0 atom stereocenters. The Labute approximate surface area is 143 Å². The lowest BCUT2D eigenvalue weighted by molar-refractivity contribution is -0.112. The second-order valence-electron chi connectivity index (χ2n) is 4.98. The molecule has 2 aromatic rings. The molecule has 124 valence electrons. The van der Waals surface area contributed by atoms with E-state index in [1.54, 1.807) is 18.2 Å². The second-order valence-corrected chi connectivity index (χ2v) is 7.33. The van der Waals surface area contributed by atoms with Gasteiger partial charge in [0.05, 0.1) is 10.7 Å². The number of para-hydroxylation sites is 1. The number of carbonyl (C=O) groups excluding carboxylic acids is 1. The average molecular weight is 366 g/mol. The molecule has 0 unspecified atom stereocenters. The number of aliphatic hydroxyl groups is 1. The maximum Gasteiger partial charge on any atom is 0.274 e. The normalized spacial score (nSPS) is 15.8. The van der Waals surface area contributed by atoms with E-state index in [-0.39, 0.29) is 17.1 Å². The van der Waals surface area contributed by atoms with Gasteiger partial charge in [0.15, 0.2) is 10.7 Å². The Hall–Kier alpha value is -2.58. The number of fused-ring (bicyclic) bond motifs is 1. The Morgan fingerprint density at radius 3 is 2.62 bits per heavy atom. The molecule has 0 saturated carbocycles. The van der Waals surface area contributed by atoms with Crippen molar-refractivity contribution in [1.29, 1.82) is 0 Å². The van der Waals surface area contributed by atoms with Gasteiger partial charge in [-0.25, -0.2) is 13.4 Å². The molecule has 0 bridgehead atoms. The Morgan fingerprint density at radius 1 is 1.25 bits per heavy atom. The molecule has 3 rings (SSSR count). The van der Waals surface area contributed by atoms with Gasteiger partial charge in [-0.1, -0.05) is 23.7 Å². The SMILES string of the molecule is CN1c2ccccc2C(O)=C(C(=O)Nc2ccc(Cl)cn2)S1(=O)=O. The van der Waals surface area contributed by atoms with Crippen LogP contribution in [0.3, 0.4) is 0 Å². The molecule has 2 N–H and O–H groups in total. The molecule has 1 aromatic heterocycles. The van der Waals surface area contributed by atoms with Gasteiger partial charge in [0, 0.05) is 18.8 Å². The number of sulfonamides is 1. The molecule has 0 fully saturated rings. The van der Waals surface area contributed by atoms with Crippen molar-refractivity contribution in [3.8, 4) is 0 Å². The number of halogens is 1. The fourth-order valence-electron chi connectivity index (χ4n) is 2.31. The van der Waals surface area contributed by atoms with Crippen molar-refractivity contribution in [2.75, 3.05) is 16.7 Å². The zero-order chi connectivity index (χ0) is 17.5. The van der Waals surface area contributed by atoms with Crippen LogP contribution in [0.1, 0.15) is 5.56 Å². The number of pyridine rings is 1. The van der Waals surface area contributed by atoms with Crippen molar-refractivity contribution in [2.24, 2.45) is 0 Å². The largest absolute Gasteiger partial charge is 0.506 e. The lowest BCUT2D eigenvalue weighted by Crippen LogP contribution is -2.37. The van der Waals surface area contributed by atoms with Crippen molar-refractivity contribution in [3.63, 3.8) is 0 Å². The van der Waals surface area contributed by atoms with Gasteiger partial charge in [0.2, 0.25) is 0 Å². The predicted octanol–water partition coefficient (Wildman–Crippen LogP) is 2.38. The number of carbonyl (C=O) groups is 1. The molecule has 2 heterocycles. The van der Waals surface area contributed by atoms with Crippen LogP contribution in [-0.2, 0) is 14.8 Å². The van der Waals surface area contributed by atoms with Crippen molar-refractivity contribution >= 4 is 44.8 Å². The maximum absolute atomic E-state index is 12.6. The van der Waals surface area contributed by atoms with Crippen LogP contribution < -0.4 is 9.62 Å².